The molecule has 0 bridgehead atoms. The number of hydrogen-bond donors (Lipinski definition) is 1. The van der Waals surface area contributed by atoms with Crippen molar-refractivity contribution in [2.75, 3.05) is 0 Å². The minimum atomic E-state index is -1.42. The van der Waals surface area contributed by atoms with Gasteiger partial charge in [-0.15, -0.1) is 40.5 Å². The predicted octanol–water partition coefficient (Wildman–Crippen LogP) is 12.2. The summed E-state index contributed by atoms with van der Waals surface area (Å²) in [5.74, 6) is 1.63. The van der Waals surface area contributed by atoms with E-state index in [1.165, 1.54) is 26.9 Å². The van der Waals surface area contributed by atoms with Crippen molar-refractivity contribution < 1.29 is 31.4 Å². The molecule has 277 valence electrons. The molecule has 0 fully saturated rings. The summed E-state index contributed by atoms with van der Waals surface area (Å²) < 4.78 is 10.6. The van der Waals surface area contributed by atoms with Crippen molar-refractivity contribution in [2.24, 2.45) is 35.5 Å². The number of nitrogens with zero attached hydrogens (tertiary/aromatic N) is 2. The first-order valence-electron chi connectivity index (χ1n) is 18.7. The van der Waals surface area contributed by atoms with E-state index in [4.69, 9.17) is 1.37 Å². The Morgan fingerprint density at radius 1 is 0.863 bits per heavy atom. The first-order valence-corrected chi connectivity index (χ1v) is 22.5. The molecule has 0 aliphatic carbocycles. The molecule has 2 aromatic heterocycles. The van der Waals surface area contributed by atoms with Gasteiger partial charge >= 0.3 is 0 Å². The summed E-state index contributed by atoms with van der Waals surface area (Å²) in [7, 11) is -1.42. The van der Waals surface area contributed by atoms with Gasteiger partial charge in [-0.05, 0) is 35.2 Å². The summed E-state index contributed by atoms with van der Waals surface area (Å²) in [6.07, 6.45) is 1.54. The first kappa shape index (κ1) is 41.1. The van der Waals surface area contributed by atoms with Gasteiger partial charge < -0.3 is 5.11 Å². The molecule has 3 aromatic carbocycles. The zero-order valence-corrected chi connectivity index (χ0v) is 37.4. The van der Waals surface area contributed by atoms with Gasteiger partial charge in [-0.25, -0.2) is 4.98 Å². The van der Waals surface area contributed by atoms with Crippen LogP contribution >= 0.6 is 11.3 Å². The topological polar surface area (TPSA) is 63.1 Å². The maximum absolute atomic E-state index is 12.3. The summed E-state index contributed by atoms with van der Waals surface area (Å²) >= 11 is 1.73. The van der Waals surface area contributed by atoms with E-state index >= 15 is 0 Å². The standard InChI is InChI=1S/C27H27N2SSi.C17H32O2.Ir/c1-27(2,3)22-14-18(13-17-9-7-8-10-20(17)22)24-26-25(29-16-28-24)21-12-11-19(31(4,5)6)15-23(21)30-26;1-10(2)16(11(3)4)14(18)9-15(19)17(12(5)6)13(7)8;/h7-12,14-16H,1-6H3;9-13,16-18H,1-8H3;/q-1;;/b;14-9-;/i16D;;. The molecule has 0 spiro atoms. The molecule has 0 atom stereocenters. The van der Waals surface area contributed by atoms with Crippen LogP contribution in [-0.2, 0) is 30.3 Å². The van der Waals surface area contributed by atoms with Gasteiger partial charge in [-0.2, -0.15) is 0 Å². The molecule has 0 saturated heterocycles. The van der Waals surface area contributed by atoms with Gasteiger partial charge in [0.2, 0.25) is 0 Å². The van der Waals surface area contributed by atoms with Crippen LogP contribution in [0.4, 0.5) is 0 Å². The molecule has 0 saturated carbocycles. The smallest absolute Gasteiger partial charge is 0.162 e. The molecule has 5 rings (SSSR count). The van der Waals surface area contributed by atoms with E-state index in [9.17, 15) is 9.90 Å². The van der Waals surface area contributed by atoms with E-state index in [-0.39, 0.29) is 55.2 Å². The van der Waals surface area contributed by atoms with Crippen LogP contribution in [-0.4, -0.2) is 28.9 Å². The van der Waals surface area contributed by atoms with E-state index in [0.29, 0.717) is 23.7 Å². The Balaban J connectivity index is 0.000000317. The fourth-order valence-electron chi connectivity index (χ4n) is 7.38. The zero-order valence-electron chi connectivity index (χ0n) is 34.2. The number of ketones is 1. The fraction of sp³-hybridized carbons (Fsp3) is 0.477. The number of benzene rings is 3. The van der Waals surface area contributed by atoms with Crippen molar-refractivity contribution in [1.82, 2.24) is 9.97 Å². The zero-order chi connectivity index (χ0) is 38.2. The van der Waals surface area contributed by atoms with Gasteiger partial charge in [0, 0.05) is 58.5 Å². The number of carbonyl (C=O) groups excluding carboxylic acids is 1. The number of carbonyl (C=O) groups is 1. The number of thiophene rings is 1. The van der Waals surface area contributed by atoms with Crippen LogP contribution in [0.15, 0.2) is 66.7 Å². The molecule has 0 aliphatic rings. The van der Waals surface area contributed by atoms with Crippen molar-refractivity contribution in [3.8, 4) is 11.3 Å². The van der Waals surface area contributed by atoms with Crippen LogP contribution in [0.1, 0.15) is 83.1 Å². The average molecular weight is 901 g/mol. The average Bonchev–Trinajstić information content (AvgIpc) is 3.36. The molecule has 5 aromatic rings. The molecule has 1 radical (unpaired) electrons. The molecule has 1 N–H and O–H groups in total. The third kappa shape index (κ3) is 9.84. The SMILES string of the molecule is CC(C)C(C(=O)/C=C(\O)C(C(C)C)C(C)C)C(C)C.[2H]c1nc(-c2[c-]c3ccccc3c(C(C)(C)C)c2)c2sc3cc([Si](C)(C)C)ccc3c2n1.[Ir]. The van der Waals surface area contributed by atoms with Crippen LogP contribution in [0.25, 0.3) is 42.3 Å². The number of aliphatic hydroxyl groups is 1. The minimum absolute atomic E-state index is 0. The Hall–Kier alpha value is -2.70. The van der Waals surface area contributed by atoms with Crippen molar-refractivity contribution in [1.29, 1.82) is 0 Å². The minimum Gasteiger partial charge on any atom is -0.512 e. The van der Waals surface area contributed by atoms with Crippen molar-refractivity contribution in [3.63, 3.8) is 0 Å². The van der Waals surface area contributed by atoms with E-state index in [1.54, 1.807) is 11.3 Å². The Morgan fingerprint density at radius 3 is 2.00 bits per heavy atom. The Bertz CT molecular complexity index is 2040. The maximum Gasteiger partial charge on any atom is 0.162 e. The third-order valence-electron chi connectivity index (χ3n) is 9.74. The summed E-state index contributed by atoms with van der Waals surface area (Å²) in [5.41, 5.74) is 3.87. The number of aliphatic hydroxyl groups excluding tert-OH is 1. The summed E-state index contributed by atoms with van der Waals surface area (Å²) in [4.78, 5) is 21.5. The molecular formula is C44H59IrN2O2SSi-. The number of hydrogen-bond acceptors (Lipinski definition) is 5. The van der Waals surface area contributed by atoms with Gasteiger partial charge in [-0.3, -0.25) is 9.78 Å². The maximum atomic E-state index is 12.3. The van der Waals surface area contributed by atoms with E-state index in [1.807, 2.05) is 0 Å². The number of fused-ring (bicyclic) bond motifs is 4. The Kier molecular flexibility index (Phi) is 13.7. The Labute approximate surface area is 327 Å². The molecule has 7 heteroatoms. The molecular weight excluding hydrogens is 841 g/mol. The van der Waals surface area contributed by atoms with Gasteiger partial charge in [0.25, 0.3) is 0 Å². The third-order valence-corrected chi connectivity index (χ3v) is 12.9. The quantitative estimate of drug-likeness (QED) is 0.0693. The molecule has 51 heavy (non-hydrogen) atoms. The van der Waals surface area contributed by atoms with Crippen LogP contribution in [0.3, 0.4) is 0 Å². The largest absolute Gasteiger partial charge is 0.512 e. The van der Waals surface area contributed by atoms with Crippen molar-refractivity contribution in [3.05, 3.63) is 78.3 Å². The van der Waals surface area contributed by atoms with E-state index in [0.717, 1.165) is 32.2 Å². The fourth-order valence-corrected chi connectivity index (χ4v) is 9.83. The monoisotopic (exact) mass is 901 g/mol. The van der Waals surface area contributed by atoms with Crippen LogP contribution < -0.4 is 5.19 Å². The number of aromatic nitrogens is 2. The predicted molar refractivity (Wildman–Crippen MR) is 220 cm³/mol. The van der Waals surface area contributed by atoms with E-state index in [2.05, 4.69) is 160 Å². The summed E-state index contributed by atoms with van der Waals surface area (Å²) in [5, 5.41) is 15.1. The van der Waals surface area contributed by atoms with Gasteiger partial charge in [0.1, 0.15) is 7.67 Å². The van der Waals surface area contributed by atoms with Crippen LogP contribution in [0.5, 0.6) is 0 Å². The molecule has 0 unspecified atom stereocenters. The van der Waals surface area contributed by atoms with Crippen LogP contribution in [0, 0.1) is 41.6 Å². The van der Waals surface area contributed by atoms with Crippen LogP contribution in [0.2, 0.25) is 19.6 Å². The summed E-state index contributed by atoms with van der Waals surface area (Å²) in [6.45, 7) is 30.4. The molecule has 2 heterocycles. The summed E-state index contributed by atoms with van der Waals surface area (Å²) in [6, 6.07) is 21.0. The molecule has 0 aliphatic heterocycles. The first-order chi connectivity index (χ1) is 23.6. The number of allylic oxidation sites excluding steroid dienone is 2. The van der Waals surface area contributed by atoms with Crippen molar-refractivity contribution in [2.45, 2.75) is 101 Å². The van der Waals surface area contributed by atoms with E-state index < -0.39 is 8.07 Å². The van der Waals surface area contributed by atoms with Gasteiger partial charge in [0.15, 0.2) is 5.78 Å². The second-order valence-corrected chi connectivity index (χ2v) is 23.4. The van der Waals surface area contributed by atoms with Gasteiger partial charge in [-0.1, -0.05) is 142 Å². The second kappa shape index (κ2) is 17.0. The second-order valence-electron chi connectivity index (χ2n) is 17.3. The molecule has 4 nitrogen and oxygen atoms in total. The van der Waals surface area contributed by atoms with Gasteiger partial charge in [0.05, 0.1) is 19.3 Å². The number of rotatable bonds is 9. The molecule has 0 amide bonds. The normalized spacial score (nSPS) is 13.2. The van der Waals surface area contributed by atoms with Crippen molar-refractivity contribution >= 4 is 61.5 Å². The Morgan fingerprint density at radius 2 is 1.45 bits per heavy atom.